The first-order chi connectivity index (χ1) is 7.81. The number of nitrogens with two attached hydrogens (primary N) is 1. The molecule has 0 spiro atoms. The van der Waals surface area contributed by atoms with E-state index in [4.69, 9.17) is 10.5 Å². The van der Waals surface area contributed by atoms with Gasteiger partial charge in [0.05, 0.1) is 0 Å². The van der Waals surface area contributed by atoms with Crippen LogP contribution in [0.4, 0.5) is 5.69 Å². The van der Waals surface area contributed by atoms with Crippen LogP contribution < -0.4 is 11.1 Å². The van der Waals surface area contributed by atoms with E-state index in [2.05, 4.69) is 10.3 Å². The Morgan fingerprint density at radius 2 is 2.50 bits per heavy atom. The number of nitrogens with zero attached hydrogens (tertiary/aromatic N) is 1. The summed E-state index contributed by atoms with van der Waals surface area (Å²) >= 11 is 0. The molecule has 0 bridgehead atoms. The average molecular weight is 219 g/mol. The first-order valence-corrected chi connectivity index (χ1v) is 5.06. The summed E-state index contributed by atoms with van der Waals surface area (Å²) in [6.07, 6.45) is 7.02. The molecule has 1 aromatic rings. The van der Waals surface area contributed by atoms with Gasteiger partial charge in [-0.2, -0.15) is 0 Å². The maximum absolute atomic E-state index is 11.6. The van der Waals surface area contributed by atoms with Crippen LogP contribution in [0.3, 0.4) is 0 Å². The number of pyridine rings is 1. The van der Waals surface area contributed by atoms with Crippen molar-refractivity contribution in [2.45, 2.75) is 6.04 Å². The summed E-state index contributed by atoms with van der Waals surface area (Å²) in [5.74, 6) is -0.316. The Balaban J connectivity index is 2.05. The molecule has 0 fully saturated rings. The summed E-state index contributed by atoms with van der Waals surface area (Å²) in [5.41, 5.74) is 7.10. The highest BCUT2D eigenvalue weighted by Gasteiger charge is 2.20. The molecule has 3 N–H and O–H groups in total. The lowest BCUT2D eigenvalue weighted by molar-refractivity contribution is -0.143. The third kappa shape index (κ3) is 2.20. The maximum Gasteiger partial charge on any atom is 0.332 e. The third-order valence-corrected chi connectivity index (χ3v) is 2.25. The highest BCUT2D eigenvalue weighted by Crippen LogP contribution is 2.21. The summed E-state index contributed by atoms with van der Waals surface area (Å²) in [6, 6.07) is 1.38. The van der Waals surface area contributed by atoms with Crippen molar-refractivity contribution in [3.05, 3.63) is 30.1 Å². The van der Waals surface area contributed by atoms with Gasteiger partial charge in [0.15, 0.2) is 0 Å². The second-order valence-electron chi connectivity index (χ2n) is 3.40. The molecule has 0 aliphatic carbocycles. The molecule has 16 heavy (non-hydrogen) atoms. The van der Waals surface area contributed by atoms with Crippen LogP contribution in [0.15, 0.2) is 24.5 Å². The standard InChI is InChI=1S/C11H13N3O2/c12-4-6-16-11(15)10-2-1-8-7-13-5-3-9(8)14-10/h1-3,5,7,10,14H,4,6,12H2. The van der Waals surface area contributed by atoms with Gasteiger partial charge < -0.3 is 15.8 Å². The molecule has 1 unspecified atom stereocenters. The molecule has 0 aromatic carbocycles. The summed E-state index contributed by atoms with van der Waals surface area (Å²) in [7, 11) is 0. The van der Waals surface area contributed by atoms with E-state index in [-0.39, 0.29) is 12.6 Å². The van der Waals surface area contributed by atoms with Crippen molar-refractivity contribution >= 4 is 17.7 Å². The number of hydrogen-bond acceptors (Lipinski definition) is 5. The number of nitrogens with one attached hydrogen (secondary N) is 1. The number of ether oxygens (including phenoxy) is 1. The lowest BCUT2D eigenvalue weighted by atomic mass is 10.1. The normalized spacial score (nSPS) is 17.4. The van der Waals surface area contributed by atoms with Crippen LogP contribution in [0.1, 0.15) is 5.56 Å². The molecule has 2 rings (SSSR count). The molecular formula is C11H13N3O2. The number of anilines is 1. The molecule has 84 valence electrons. The van der Waals surface area contributed by atoms with Gasteiger partial charge in [0, 0.05) is 30.2 Å². The van der Waals surface area contributed by atoms with Gasteiger partial charge in [0.25, 0.3) is 0 Å². The van der Waals surface area contributed by atoms with E-state index in [0.717, 1.165) is 11.3 Å². The first-order valence-electron chi connectivity index (χ1n) is 5.06. The molecule has 1 aromatic heterocycles. The smallest absolute Gasteiger partial charge is 0.332 e. The Bertz CT molecular complexity index is 417. The zero-order valence-corrected chi connectivity index (χ0v) is 8.72. The fourth-order valence-electron chi connectivity index (χ4n) is 1.47. The fourth-order valence-corrected chi connectivity index (χ4v) is 1.47. The quantitative estimate of drug-likeness (QED) is 0.719. The zero-order chi connectivity index (χ0) is 11.4. The van der Waals surface area contributed by atoms with Crippen molar-refractivity contribution in [3.8, 4) is 0 Å². The minimum absolute atomic E-state index is 0.244. The Labute approximate surface area is 93.3 Å². The van der Waals surface area contributed by atoms with Crippen LogP contribution in [-0.4, -0.2) is 30.1 Å². The van der Waals surface area contributed by atoms with Crippen molar-refractivity contribution in [2.75, 3.05) is 18.5 Å². The monoisotopic (exact) mass is 219 g/mol. The molecule has 1 aliphatic rings. The van der Waals surface area contributed by atoms with Crippen molar-refractivity contribution in [3.63, 3.8) is 0 Å². The second kappa shape index (κ2) is 4.76. The molecule has 0 amide bonds. The number of fused-ring (bicyclic) bond motifs is 1. The van der Waals surface area contributed by atoms with Gasteiger partial charge in [-0.25, -0.2) is 4.79 Å². The van der Waals surface area contributed by atoms with E-state index in [0.29, 0.717) is 6.54 Å². The molecule has 1 atom stereocenters. The van der Waals surface area contributed by atoms with Crippen molar-refractivity contribution in [1.82, 2.24) is 4.98 Å². The second-order valence-corrected chi connectivity index (χ2v) is 3.40. The van der Waals surface area contributed by atoms with Gasteiger partial charge in [-0.15, -0.1) is 0 Å². The SMILES string of the molecule is NCCOC(=O)C1C=Cc2cnccc2N1. The Kier molecular flexibility index (Phi) is 3.16. The first kappa shape index (κ1) is 10.6. The van der Waals surface area contributed by atoms with E-state index in [1.54, 1.807) is 18.5 Å². The van der Waals surface area contributed by atoms with Gasteiger partial charge in [-0.3, -0.25) is 4.98 Å². The van der Waals surface area contributed by atoms with Gasteiger partial charge in [-0.05, 0) is 6.07 Å². The minimum atomic E-state index is -0.443. The van der Waals surface area contributed by atoms with Crippen LogP contribution in [0, 0.1) is 0 Å². The molecule has 0 saturated heterocycles. The van der Waals surface area contributed by atoms with Gasteiger partial charge in [0.2, 0.25) is 0 Å². The van der Waals surface area contributed by atoms with E-state index in [1.807, 2.05) is 12.1 Å². The van der Waals surface area contributed by atoms with Gasteiger partial charge >= 0.3 is 5.97 Å². The average Bonchev–Trinajstić information content (AvgIpc) is 2.35. The van der Waals surface area contributed by atoms with E-state index in [9.17, 15) is 4.79 Å². The van der Waals surface area contributed by atoms with Crippen molar-refractivity contribution < 1.29 is 9.53 Å². The maximum atomic E-state index is 11.6. The predicted molar refractivity (Wildman–Crippen MR) is 60.7 cm³/mol. The zero-order valence-electron chi connectivity index (χ0n) is 8.72. The Morgan fingerprint density at radius 3 is 3.31 bits per heavy atom. The van der Waals surface area contributed by atoms with Crippen LogP contribution in [0.25, 0.3) is 6.08 Å². The van der Waals surface area contributed by atoms with E-state index >= 15 is 0 Å². The summed E-state index contributed by atoms with van der Waals surface area (Å²) in [5, 5.41) is 3.06. The Morgan fingerprint density at radius 1 is 1.62 bits per heavy atom. The number of rotatable bonds is 3. The van der Waals surface area contributed by atoms with Crippen LogP contribution >= 0.6 is 0 Å². The summed E-state index contributed by atoms with van der Waals surface area (Å²) in [6.45, 7) is 0.580. The number of aromatic nitrogens is 1. The summed E-state index contributed by atoms with van der Waals surface area (Å²) in [4.78, 5) is 15.6. The lowest BCUT2D eigenvalue weighted by Crippen LogP contribution is -2.32. The highest BCUT2D eigenvalue weighted by molar-refractivity contribution is 5.86. The van der Waals surface area contributed by atoms with Gasteiger partial charge in [0.1, 0.15) is 12.6 Å². The molecule has 5 heteroatoms. The van der Waals surface area contributed by atoms with Crippen LogP contribution in [0.2, 0.25) is 0 Å². The predicted octanol–water partition coefficient (Wildman–Crippen LogP) is 0.391. The highest BCUT2D eigenvalue weighted by atomic mass is 16.5. The molecular weight excluding hydrogens is 206 g/mol. The molecule has 5 nitrogen and oxygen atoms in total. The van der Waals surface area contributed by atoms with Crippen LogP contribution in [0.5, 0.6) is 0 Å². The number of esters is 1. The molecule has 2 heterocycles. The molecule has 0 radical (unpaired) electrons. The van der Waals surface area contributed by atoms with E-state index in [1.165, 1.54) is 0 Å². The lowest BCUT2D eigenvalue weighted by Gasteiger charge is -2.20. The Hall–Kier alpha value is -1.88. The summed E-state index contributed by atoms with van der Waals surface area (Å²) < 4.78 is 4.95. The number of carbonyl (C=O) groups excluding carboxylic acids is 1. The number of carbonyl (C=O) groups is 1. The largest absolute Gasteiger partial charge is 0.463 e. The topological polar surface area (TPSA) is 77.2 Å². The third-order valence-electron chi connectivity index (χ3n) is 2.25. The molecule has 1 aliphatic heterocycles. The number of hydrogen-bond donors (Lipinski definition) is 2. The fraction of sp³-hybridized carbons (Fsp3) is 0.273. The van der Waals surface area contributed by atoms with Crippen molar-refractivity contribution in [1.29, 1.82) is 0 Å². The van der Waals surface area contributed by atoms with E-state index < -0.39 is 6.04 Å². The molecule has 0 saturated carbocycles. The van der Waals surface area contributed by atoms with Crippen molar-refractivity contribution in [2.24, 2.45) is 5.73 Å². The van der Waals surface area contributed by atoms with Crippen LogP contribution in [-0.2, 0) is 9.53 Å². The minimum Gasteiger partial charge on any atom is -0.463 e. The van der Waals surface area contributed by atoms with Gasteiger partial charge in [-0.1, -0.05) is 12.2 Å².